The quantitative estimate of drug-likeness (QED) is 0.168. The molecule has 1 aliphatic heterocycles. The van der Waals surface area contributed by atoms with E-state index in [1.54, 1.807) is 0 Å². The van der Waals surface area contributed by atoms with Gasteiger partial charge in [-0.2, -0.15) is 0 Å². The second kappa shape index (κ2) is 12.8. The molecule has 0 atom stereocenters. The third kappa shape index (κ3) is 6.53. The van der Waals surface area contributed by atoms with Crippen LogP contribution in [0, 0.1) is 6.92 Å². The van der Waals surface area contributed by atoms with Crippen molar-refractivity contribution in [3.63, 3.8) is 0 Å². The minimum atomic E-state index is -0.0621. The molecule has 0 N–H and O–H groups in total. The molecule has 1 aliphatic carbocycles. The van der Waals surface area contributed by atoms with Crippen molar-refractivity contribution in [2.45, 2.75) is 137 Å². The second-order valence-corrected chi connectivity index (χ2v) is 21.5. The Bertz CT molecular complexity index is 2440. The van der Waals surface area contributed by atoms with E-state index in [1.165, 1.54) is 90.7 Å². The number of anilines is 3. The molecule has 0 saturated carbocycles. The molecule has 0 bridgehead atoms. The van der Waals surface area contributed by atoms with E-state index >= 15 is 0 Å². The van der Waals surface area contributed by atoms with Gasteiger partial charge < -0.3 is 9.32 Å². The summed E-state index contributed by atoms with van der Waals surface area (Å²) in [6, 6.07) is 37.9. The highest BCUT2D eigenvalue weighted by molar-refractivity contribution is 6.97. The van der Waals surface area contributed by atoms with Gasteiger partial charge in [-0.1, -0.05) is 145 Å². The van der Waals surface area contributed by atoms with Crippen LogP contribution in [0.3, 0.4) is 0 Å². The molecule has 0 saturated heterocycles. The van der Waals surface area contributed by atoms with E-state index in [9.17, 15) is 0 Å². The number of benzene rings is 5. The lowest BCUT2D eigenvalue weighted by Crippen LogP contribution is -2.57. The summed E-state index contributed by atoms with van der Waals surface area (Å²) < 4.78 is 7.11. The molecule has 288 valence electrons. The molecule has 0 unspecified atom stereocenters. The highest BCUT2D eigenvalue weighted by Gasteiger charge is 2.41. The van der Waals surface area contributed by atoms with Gasteiger partial charge in [0.25, 0.3) is 6.71 Å². The van der Waals surface area contributed by atoms with E-state index in [-0.39, 0.29) is 33.8 Å². The number of furan rings is 1. The standard InChI is InChI=1S/C53H62BNO/c1-33-15-22-42-46(27-33)55(44-23-20-37(50(5,6)7)30-39(44)34-16-18-36(19-17-34)49(2,3)4)45-24-21-38(51(8,9)10)31-43(45)54(42)48-29-35-28-40-41(32-47(35)56-48)53(13,14)26-25-52(40,11)12/h15-24,27-32H,25-26H2,1-14H3. The highest BCUT2D eigenvalue weighted by Crippen LogP contribution is 2.48. The predicted octanol–water partition coefficient (Wildman–Crippen LogP) is 12.9. The van der Waals surface area contributed by atoms with Gasteiger partial charge in [-0.3, -0.25) is 0 Å². The summed E-state index contributed by atoms with van der Waals surface area (Å²) >= 11 is 0. The minimum absolute atomic E-state index is 0.00454. The Morgan fingerprint density at radius 3 is 1.70 bits per heavy atom. The van der Waals surface area contributed by atoms with Gasteiger partial charge in [0.1, 0.15) is 5.58 Å². The molecule has 0 amide bonds. The van der Waals surface area contributed by atoms with Crippen LogP contribution in [0.5, 0.6) is 0 Å². The molecule has 8 rings (SSSR count). The lowest BCUT2D eigenvalue weighted by Gasteiger charge is -2.41. The molecule has 2 heterocycles. The zero-order valence-corrected chi connectivity index (χ0v) is 36.6. The first-order chi connectivity index (χ1) is 26.0. The molecule has 0 spiro atoms. The number of rotatable bonds is 3. The fraction of sp³-hybridized carbons (Fsp3) is 0.396. The topological polar surface area (TPSA) is 16.4 Å². The minimum Gasteiger partial charge on any atom is -0.470 e. The molecule has 6 aromatic rings. The summed E-state index contributed by atoms with van der Waals surface area (Å²) in [5, 5.41) is 1.20. The number of fused-ring (bicyclic) bond motifs is 4. The van der Waals surface area contributed by atoms with Crippen molar-refractivity contribution in [2.75, 3.05) is 4.90 Å². The third-order valence-corrected chi connectivity index (χ3v) is 13.1. The van der Waals surface area contributed by atoms with Crippen LogP contribution in [-0.4, -0.2) is 6.71 Å². The second-order valence-electron chi connectivity index (χ2n) is 21.5. The molecule has 2 aliphatic rings. The lowest BCUT2D eigenvalue weighted by atomic mass is 9.37. The Balaban J connectivity index is 1.39. The van der Waals surface area contributed by atoms with Crippen LogP contribution < -0.4 is 21.5 Å². The monoisotopic (exact) mass is 739 g/mol. The van der Waals surface area contributed by atoms with Crippen molar-refractivity contribution in [1.82, 2.24) is 0 Å². The molecule has 1 aromatic heterocycles. The Morgan fingerprint density at radius 2 is 1.09 bits per heavy atom. The number of nitrogens with zero attached hydrogens (tertiary/aromatic N) is 1. The number of hydrogen-bond acceptors (Lipinski definition) is 2. The van der Waals surface area contributed by atoms with E-state index < -0.39 is 0 Å². The van der Waals surface area contributed by atoms with Gasteiger partial charge >= 0.3 is 0 Å². The maximum atomic E-state index is 7.11. The number of hydrogen-bond donors (Lipinski definition) is 0. The van der Waals surface area contributed by atoms with Crippen molar-refractivity contribution in [2.24, 2.45) is 0 Å². The van der Waals surface area contributed by atoms with Gasteiger partial charge in [0, 0.05) is 22.3 Å². The Kier molecular flexibility index (Phi) is 8.74. The van der Waals surface area contributed by atoms with Crippen LogP contribution in [0.2, 0.25) is 0 Å². The van der Waals surface area contributed by atoms with Crippen LogP contribution in [0.1, 0.15) is 136 Å². The van der Waals surface area contributed by atoms with Crippen LogP contribution in [0.15, 0.2) is 101 Å². The SMILES string of the molecule is Cc1ccc2c(c1)N(c1ccc(C(C)(C)C)cc1-c1ccc(C(C)(C)C)cc1)c1ccc(C(C)(C)C)cc1B2c1cc2cc3c(cc2o1)C(C)(C)CCC3(C)C. The molecular formula is C53H62BNO. The summed E-state index contributed by atoms with van der Waals surface area (Å²) in [6.07, 6.45) is 2.37. The first-order valence-corrected chi connectivity index (χ1v) is 20.9. The van der Waals surface area contributed by atoms with E-state index in [4.69, 9.17) is 4.42 Å². The van der Waals surface area contributed by atoms with E-state index in [1.807, 2.05) is 0 Å². The maximum absolute atomic E-state index is 7.11. The molecule has 2 nitrogen and oxygen atoms in total. The predicted molar refractivity (Wildman–Crippen MR) is 244 cm³/mol. The molecule has 0 fully saturated rings. The molecule has 3 heteroatoms. The van der Waals surface area contributed by atoms with Gasteiger partial charge in [0.15, 0.2) is 0 Å². The lowest BCUT2D eigenvalue weighted by molar-refractivity contribution is 0.332. The van der Waals surface area contributed by atoms with E-state index in [0.29, 0.717) is 0 Å². The van der Waals surface area contributed by atoms with Crippen LogP contribution in [-0.2, 0) is 27.1 Å². The molecular weight excluding hydrogens is 677 g/mol. The smallest absolute Gasteiger partial charge is 0.291 e. The van der Waals surface area contributed by atoms with Gasteiger partial charge in [-0.05, 0) is 139 Å². The van der Waals surface area contributed by atoms with Crippen molar-refractivity contribution in [3.05, 3.63) is 130 Å². The summed E-state index contributed by atoms with van der Waals surface area (Å²) in [4.78, 5) is 2.55. The molecule has 56 heavy (non-hydrogen) atoms. The Labute approximate surface area is 337 Å². The van der Waals surface area contributed by atoms with Crippen molar-refractivity contribution in [1.29, 1.82) is 0 Å². The molecule has 0 radical (unpaired) electrons. The largest absolute Gasteiger partial charge is 0.470 e. The first kappa shape index (κ1) is 38.4. The molecule has 5 aromatic carbocycles. The van der Waals surface area contributed by atoms with E-state index in [0.717, 1.165) is 11.2 Å². The van der Waals surface area contributed by atoms with Crippen LogP contribution in [0.25, 0.3) is 22.1 Å². The summed E-state index contributed by atoms with van der Waals surface area (Å²) in [7, 11) is 0. The van der Waals surface area contributed by atoms with Crippen molar-refractivity contribution >= 4 is 51.3 Å². The zero-order chi connectivity index (χ0) is 40.3. The van der Waals surface area contributed by atoms with Crippen LogP contribution in [0.4, 0.5) is 17.1 Å². The van der Waals surface area contributed by atoms with Crippen molar-refractivity contribution < 1.29 is 4.42 Å². The summed E-state index contributed by atoms with van der Waals surface area (Å²) in [5.74, 6) is 0. The fourth-order valence-electron chi connectivity index (χ4n) is 9.25. The van der Waals surface area contributed by atoms with E-state index in [2.05, 4.69) is 199 Å². The normalized spacial score (nSPS) is 16.5. The van der Waals surface area contributed by atoms with Gasteiger partial charge in [-0.25, -0.2) is 0 Å². The average molecular weight is 740 g/mol. The first-order valence-electron chi connectivity index (χ1n) is 20.9. The Hall–Kier alpha value is -4.50. The van der Waals surface area contributed by atoms with Crippen LogP contribution >= 0.6 is 0 Å². The van der Waals surface area contributed by atoms with Gasteiger partial charge in [0.05, 0.1) is 11.3 Å². The average Bonchev–Trinajstić information content (AvgIpc) is 3.53. The van der Waals surface area contributed by atoms with Gasteiger partial charge in [0.2, 0.25) is 0 Å². The zero-order valence-electron chi connectivity index (χ0n) is 36.6. The number of aryl methyl sites for hydroxylation is 1. The fourth-order valence-corrected chi connectivity index (χ4v) is 9.25. The maximum Gasteiger partial charge on any atom is 0.291 e. The summed E-state index contributed by atoms with van der Waals surface area (Å²) in [6.45, 7) is 32.5. The third-order valence-electron chi connectivity index (χ3n) is 13.1. The summed E-state index contributed by atoms with van der Waals surface area (Å²) in [5.41, 5.74) is 19.1. The Morgan fingerprint density at radius 1 is 0.536 bits per heavy atom. The van der Waals surface area contributed by atoms with Gasteiger partial charge in [-0.15, -0.1) is 0 Å². The highest BCUT2D eigenvalue weighted by atomic mass is 16.3. The van der Waals surface area contributed by atoms with Crippen molar-refractivity contribution in [3.8, 4) is 11.1 Å².